The summed E-state index contributed by atoms with van der Waals surface area (Å²) >= 11 is 0. The number of hydrogen-bond donors (Lipinski definition) is 1. The maximum atomic E-state index is 5.98. The van der Waals surface area contributed by atoms with E-state index in [1.807, 2.05) is 0 Å². The van der Waals surface area contributed by atoms with E-state index < -0.39 is 0 Å². The summed E-state index contributed by atoms with van der Waals surface area (Å²) in [7, 11) is 0. The lowest BCUT2D eigenvalue weighted by Gasteiger charge is -2.57. The lowest BCUT2D eigenvalue weighted by Crippen LogP contribution is -2.48. The molecule has 0 heterocycles. The van der Waals surface area contributed by atoms with Crippen molar-refractivity contribution in [3.63, 3.8) is 0 Å². The summed E-state index contributed by atoms with van der Waals surface area (Å²) in [5.41, 5.74) is 10.3. The Morgan fingerprint density at radius 1 is 1.00 bits per heavy atom. The van der Waals surface area contributed by atoms with Crippen LogP contribution in [0.15, 0.2) is 18.2 Å². The van der Waals surface area contributed by atoms with Crippen molar-refractivity contribution in [3.8, 4) is 0 Å². The van der Waals surface area contributed by atoms with E-state index in [2.05, 4.69) is 25.1 Å². The lowest BCUT2D eigenvalue weighted by atomic mass is 9.48. The highest BCUT2D eigenvalue weighted by molar-refractivity contribution is 5.85. The van der Waals surface area contributed by atoms with Gasteiger partial charge in [0.05, 0.1) is 0 Å². The van der Waals surface area contributed by atoms with Gasteiger partial charge < -0.3 is 5.73 Å². The van der Waals surface area contributed by atoms with Crippen LogP contribution in [0.25, 0.3) is 0 Å². The molecule has 0 amide bonds. The van der Waals surface area contributed by atoms with Crippen LogP contribution >= 0.6 is 12.4 Å². The highest BCUT2D eigenvalue weighted by Crippen LogP contribution is 2.60. The molecule has 4 saturated carbocycles. The van der Waals surface area contributed by atoms with Crippen LogP contribution in [0.3, 0.4) is 0 Å². The molecule has 1 nitrogen and oxygen atoms in total. The highest BCUT2D eigenvalue weighted by Gasteiger charge is 2.51. The van der Waals surface area contributed by atoms with Crippen LogP contribution in [-0.4, -0.2) is 0 Å². The van der Waals surface area contributed by atoms with Gasteiger partial charge in [0.25, 0.3) is 0 Å². The summed E-state index contributed by atoms with van der Waals surface area (Å²) in [6, 6.07) is 6.82. The fourth-order valence-electron chi connectivity index (χ4n) is 5.47. The number of benzene rings is 1. The Balaban J connectivity index is 0.00000110. The SMILES string of the molecule is Cc1cc(C23CC4CC(CC(C4)C2)C3)ccc1N.Cl. The number of nitrogens with two attached hydrogens (primary N) is 1. The van der Waals surface area contributed by atoms with Crippen LogP contribution in [0.1, 0.15) is 49.7 Å². The van der Waals surface area contributed by atoms with Crippen molar-refractivity contribution in [2.45, 2.75) is 50.9 Å². The van der Waals surface area contributed by atoms with Crippen LogP contribution in [0.2, 0.25) is 0 Å². The number of halogens is 1. The van der Waals surface area contributed by atoms with Crippen molar-refractivity contribution in [1.82, 2.24) is 0 Å². The standard InChI is InChI=1S/C17H23N.ClH/c1-11-4-15(2-3-16(11)18)17-8-12-5-13(9-17)7-14(6-12)10-17;/h2-4,12-14H,5-10,18H2,1H3;1H. The Labute approximate surface area is 122 Å². The Morgan fingerprint density at radius 2 is 1.53 bits per heavy atom. The van der Waals surface area contributed by atoms with E-state index in [1.165, 1.54) is 44.1 Å². The lowest BCUT2D eigenvalue weighted by molar-refractivity contribution is -0.00520. The van der Waals surface area contributed by atoms with Crippen molar-refractivity contribution in [2.75, 3.05) is 5.73 Å². The van der Waals surface area contributed by atoms with Crippen LogP contribution < -0.4 is 5.73 Å². The van der Waals surface area contributed by atoms with Gasteiger partial charge in [0.1, 0.15) is 0 Å². The van der Waals surface area contributed by atoms with Gasteiger partial charge in [0.15, 0.2) is 0 Å². The van der Waals surface area contributed by atoms with Crippen LogP contribution in [0.4, 0.5) is 5.69 Å². The minimum absolute atomic E-state index is 0. The van der Waals surface area contributed by atoms with Crippen LogP contribution in [0.5, 0.6) is 0 Å². The molecular weight excluding hydrogens is 254 g/mol. The zero-order chi connectivity index (χ0) is 12.3. The minimum atomic E-state index is 0. The number of anilines is 1. The Morgan fingerprint density at radius 3 is 2.00 bits per heavy atom. The van der Waals surface area contributed by atoms with Crippen LogP contribution in [0, 0.1) is 24.7 Å². The first-order chi connectivity index (χ1) is 8.64. The number of aryl methyl sites for hydroxylation is 1. The second-order valence-corrected chi connectivity index (χ2v) is 7.27. The smallest absolute Gasteiger partial charge is 0.0343 e. The molecule has 1 aromatic carbocycles. The maximum absolute atomic E-state index is 5.98. The second-order valence-electron chi connectivity index (χ2n) is 7.27. The molecule has 2 heteroatoms. The topological polar surface area (TPSA) is 26.0 Å². The molecule has 4 bridgehead atoms. The molecule has 0 saturated heterocycles. The first-order valence-corrected chi connectivity index (χ1v) is 7.51. The molecule has 4 fully saturated rings. The molecule has 0 atom stereocenters. The Kier molecular flexibility index (Phi) is 3.09. The van der Waals surface area contributed by atoms with Gasteiger partial charge in [-0.25, -0.2) is 0 Å². The molecule has 4 aliphatic carbocycles. The van der Waals surface area contributed by atoms with Gasteiger partial charge in [0.2, 0.25) is 0 Å². The molecule has 4 aliphatic rings. The molecule has 0 aromatic heterocycles. The quantitative estimate of drug-likeness (QED) is 0.753. The van der Waals surface area contributed by atoms with Gasteiger partial charge in [-0.05, 0) is 85.8 Å². The molecule has 0 aliphatic heterocycles. The third kappa shape index (κ3) is 1.98. The molecule has 0 spiro atoms. The van der Waals surface area contributed by atoms with E-state index in [0.717, 1.165) is 23.4 Å². The van der Waals surface area contributed by atoms with Crippen molar-refractivity contribution in [2.24, 2.45) is 17.8 Å². The zero-order valence-electron chi connectivity index (χ0n) is 11.7. The number of rotatable bonds is 1. The summed E-state index contributed by atoms with van der Waals surface area (Å²) in [5, 5.41) is 0. The molecule has 0 radical (unpaired) electrons. The summed E-state index contributed by atoms with van der Waals surface area (Å²) in [6.07, 6.45) is 8.90. The molecule has 19 heavy (non-hydrogen) atoms. The van der Waals surface area contributed by atoms with Gasteiger partial charge in [-0.2, -0.15) is 0 Å². The van der Waals surface area contributed by atoms with Crippen molar-refractivity contribution < 1.29 is 0 Å². The van der Waals surface area contributed by atoms with E-state index >= 15 is 0 Å². The van der Waals surface area contributed by atoms with Gasteiger partial charge in [-0.3, -0.25) is 0 Å². The van der Waals surface area contributed by atoms with Gasteiger partial charge in [0, 0.05) is 5.69 Å². The van der Waals surface area contributed by atoms with E-state index in [9.17, 15) is 0 Å². The molecule has 2 N–H and O–H groups in total. The third-order valence-corrected chi connectivity index (χ3v) is 5.92. The largest absolute Gasteiger partial charge is 0.399 e. The Bertz CT molecular complexity index is 459. The molecular formula is C17H24ClN. The monoisotopic (exact) mass is 277 g/mol. The van der Waals surface area contributed by atoms with Gasteiger partial charge in [-0.15, -0.1) is 12.4 Å². The van der Waals surface area contributed by atoms with Crippen molar-refractivity contribution >= 4 is 18.1 Å². The maximum Gasteiger partial charge on any atom is 0.0343 e. The third-order valence-electron chi connectivity index (χ3n) is 5.92. The van der Waals surface area contributed by atoms with E-state index in [4.69, 9.17) is 5.73 Å². The fraction of sp³-hybridized carbons (Fsp3) is 0.647. The van der Waals surface area contributed by atoms with E-state index in [1.54, 1.807) is 5.56 Å². The summed E-state index contributed by atoms with van der Waals surface area (Å²) in [4.78, 5) is 0. The van der Waals surface area contributed by atoms with Crippen LogP contribution in [-0.2, 0) is 5.41 Å². The number of hydrogen-bond acceptors (Lipinski definition) is 1. The summed E-state index contributed by atoms with van der Waals surface area (Å²) in [5.74, 6) is 3.07. The van der Waals surface area contributed by atoms with Crippen molar-refractivity contribution in [3.05, 3.63) is 29.3 Å². The zero-order valence-corrected chi connectivity index (χ0v) is 12.5. The minimum Gasteiger partial charge on any atom is -0.399 e. The predicted molar refractivity (Wildman–Crippen MR) is 82.7 cm³/mol. The molecule has 5 rings (SSSR count). The predicted octanol–water partition coefficient (Wildman–Crippen LogP) is 4.47. The average Bonchev–Trinajstić information content (AvgIpc) is 2.31. The van der Waals surface area contributed by atoms with E-state index in [-0.39, 0.29) is 12.4 Å². The van der Waals surface area contributed by atoms with Crippen molar-refractivity contribution in [1.29, 1.82) is 0 Å². The average molecular weight is 278 g/mol. The molecule has 0 unspecified atom stereocenters. The Hall–Kier alpha value is -0.690. The first kappa shape index (κ1) is 13.3. The fourth-order valence-corrected chi connectivity index (χ4v) is 5.47. The number of nitrogen functional groups attached to an aromatic ring is 1. The van der Waals surface area contributed by atoms with Gasteiger partial charge >= 0.3 is 0 Å². The molecule has 104 valence electrons. The van der Waals surface area contributed by atoms with Gasteiger partial charge in [-0.1, -0.05) is 12.1 Å². The van der Waals surface area contributed by atoms with E-state index in [0.29, 0.717) is 5.41 Å². The normalized spacial score (nSPS) is 39.1. The molecule has 1 aromatic rings. The highest BCUT2D eigenvalue weighted by atomic mass is 35.5. The summed E-state index contributed by atoms with van der Waals surface area (Å²) in [6.45, 7) is 2.15. The summed E-state index contributed by atoms with van der Waals surface area (Å²) < 4.78 is 0. The second kappa shape index (κ2) is 4.41. The first-order valence-electron chi connectivity index (χ1n) is 7.51.